The van der Waals surface area contributed by atoms with Crippen molar-refractivity contribution >= 4 is 50.6 Å². The maximum absolute atomic E-state index is 13.5. The first-order valence-electron chi connectivity index (χ1n) is 6.34. The number of fused-ring (bicyclic) bond motifs is 1. The lowest BCUT2D eigenvalue weighted by Gasteiger charge is -2.04. The Morgan fingerprint density at radius 2 is 1.95 bits per heavy atom. The van der Waals surface area contributed by atoms with Crippen molar-refractivity contribution in [3.05, 3.63) is 68.8 Å². The first-order chi connectivity index (χ1) is 10.6. The normalized spacial score (nSPS) is 10.9. The summed E-state index contributed by atoms with van der Waals surface area (Å²) < 4.78 is 19.5. The van der Waals surface area contributed by atoms with E-state index in [0.717, 1.165) is 10.1 Å². The summed E-state index contributed by atoms with van der Waals surface area (Å²) in [6.07, 6.45) is 0. The quantitative estimate of drug-likeness (QED) is 0.563. The summed E-state index contributed by atoms with van der Waals surface area (Å²) in [5, 5.41) is 1.64. The fourth-order valence-electron chi connectivity index (χ4n) is 1.99. The van der Waals surface area contributed by atoms with E-state index in [1.54, 1.807) is 36.4 Å². The second-order valence-corrected chi connectivity index (χ2v) is 6.42. The second kappa shape index (κ2) is 6.24. The number of benzene rings is 2. The minimum absolute atomic E-state index is 0.142. The third-order valence-electron chi connectivity index (χ3n) is 3.09. The molecule has 0 saturated carbocycles. The summed E-state index contributed by atoms with van der Waals surface area (Å²) in [6, 6.07) is 11.3. The van der Waals surface area contributed by atoms with E-state index in [9.17, 15) is 9.18 Å². The molecule has 0 aliphatic rings. The van der Waals surface area contributed by atoms with Crippen molar-refractivity contribution in [3.8, 4) is 0 Å². The van der Waals surface area contributed by atoms with Gasteiger partial charge < -0.3 is 4.74 Å². The second-order valence-electron chi connectivity index (χ2n) is 4.55. The molecule has 2 nitrogen and oxygen atoms in total. The lowest BCUT2D eigenvalue weighted by atomic mass is 10.2. The van der Waals surface area contributed by atoms with Gasteiger partial charge in [0.1, 0.15) is 17.3 Å². The van der Waals surface area contributed by atoms with Gasteiger partial charge in [0.2, 0.25) is 0 Å². The number of halogens is 3. The number of carbonyl (C=O) groups is 1. The SMILES string of the molecule is O=C(OCc1ccccc1F)c1sc2cc(Cl)ccc2c1Cl. The van der Waals surface area contributed by atoms with Gasteiger partial charge in [-0.2, -0.15) is 0 Å². The molecule has 6 heteroatoms. The molecule has 0 aliphatic carbocycles. The van der Waals surface area contributed by atoms with Crippen LogP contribution in [0.5, 0.6) is 0 Å². The zero-order valence-electron chi connectivity index (χ0n) is 11.1. The minimum Gasteiger partial charge on any atom is -0.456 e. The Bertz CT molecular complexity index is 860. The number of ether oxygens (including phenoxy) is 1. The molecule has 22 heavy (non-hydrogen) atoms. The van der Waals surface area contributed by atoms with Crippen molar-refractivity contribution in [1.29, 1.82) is 0 Å². The van der Waals surface area contributed by atoms with Crippen molar-refractivity contribution in [2.75, 3.05) is 0 Å². The molecule has 0 amide bonds. The molecule has 1 heterocycles. The molecule has 0 saturated heterocycles. The Morgan fingerprint density at radius 3 is 2.73 bits per heavy atom. The van der Waals surface area contributed by atoms with Gasteiger partial charge in [0.05, 0.1) is 5.02 Å². The van der Waals surface area contributed by atoms with E-state index in [2.05, 4.69) is 0 Å². The van der Waals surface area contributed by atoms with Crippen LogP contribution >= 0.6 is 34.5 Å². The van der Waals surface area contributed by atoms with Crippen LogP contribution in [0.15, 0.2) is 42.5 Å². The molecule has 3 aromatic rings. The average Bonchev–Trinajstić information content (AvgIpc) is 2.82. The zero-order chi connectivity index (χ0) is 15.7. The molecule has 0 bridgehead atoms. The fraction of sp³-hybridized carbons (Fsp3) is 0.0625. The highest BCUT2D eigenvalue weighted by atomic mass is 35.5. The van der Waals surface area contributed by atoms with Gasteiger partial charge in [-0.25, -0.2) is 9.18 Å². The number of esters is 1. The van der Waals surface area contributed by atoms with Gasteiger partial charge in [-0.1, -0.05) is 47.5 Å². The van der Waals surface area contributed by atoms with E-state index in [1.165, 1.54) is 17.4 Å². The Labute approximate surface area is 140 Å². The summed E-state index contributed by atoms with van der Waals surface area (Å²) in [4.78, 5) is 12.4. The van der Waals surface area contributed by atoms with Crippen molar-refractivity contribution in [1.82, 2.24) is 0 Å². The number of carbonyl (C=O) groups excluding carboxylic acids is 1. The number of hydrogen-bond acceptors (Lipinski definition) is 3. The molecule has 1 aromatic heterocycles. The van der Waals surface area contributed by atoms with Crippen LogP contribution in [0.1, 0.15) is 15.2 Å². The molecular formula is C16H9Cl2FO2S. The van der Waals surface area contributed by atoms with E-state index in [1.807, 2.05) is 0 Å². The Hall–Kier alpha value is -1.62. The third-order valence-corrected chi connectivity index (χ3v) is 4.97. The van der Waals surface area contributed by atoms with Crippen molar-refractivity contribution in [2.45, 2.75) is 6.61 Å². The monoisotopic (exact) mass is 354 g/mol. The van der Waals surface area contributed by atoms with Crippen molar-refractivity contribution in [3.63, 3.8) is 0 Å². The van der Waals surface area contributed by atoms with Crippen molar-refractivity contribution < 1.29 is 13.9 Å². The summed E-state index contributed by atoms with van der Waals surface area (Å²) in [5.74, 6) is -0.991. The molecule has 0 fully saturated rings. The summed E-state index contributed by atoms with van der Waals surface area (Å²) in [5.41, 5.74) is 0.316. The van der Waals surface area contributed by atoms with Crippen LogP contribution in [0, 0.1) is 5.82 Å². The van der Waals surface area contributed by atoms with Crippen LogP contribution in [0.4, 0.5) is 4.39 Å². The summed E-state index contributed by atoms with van der Waals surface area (Å²) in [6.45, 7) is -0.142. The molecule has 112 valence electrons. The molecule has 0 N–H and O–H groups in total. The summed E-state index contributed by atoms with van der Waals surface area (Å²) >= 11 is 13.3. The topological polar surface area (TPSA) is 26.3 Å². The first kappa shape index (κ1) is 15.3. The molecule has 2 aromatic carbocycles. The largest absolute Gasteiger partial charge is 0.456 e. The molecule has 3 rings (SSSR count). The highest BCUT2D eigenvalue weighted by molar-refractivity contribution is 7.21. The van der Waals surface area contributed by atoms with E-state index < -0.39 is 11.8 Å². The summed E-state index contributed by atoms with van der Waals surface area (Å²) in [7, 11) is 0. The highest BCUT2D eigenvalue weighted by Crippen LogP contribution is 2.37. The number of thiophene rings is 1. The van der Waals surface area contributed by atoms with Gasteiger partial charge in [0.15, 0.2) is 0 Å². The molecule has 0 aliphatic heterocycles. The molecule has 0 atom stereocenters. The maximum atomic E-state index is 13.5. The number of hydrogen-bond donors (Lipinski definition) is 0. The molecule has 0 unspecified atom stereocenters. The van der Waals surface area contributed by atoms with E-state index in [-0.39, 0.29) is 11.5 Å². The molecule has 0 radical (unpaired) electrons. The average molecular weight is 355 g/mol. The predicted molar refractivity (Wildman–Crippen MR) is 87.4 cm³/mol. The van der Waals surface area contributed by atoms with Gasteiger partial charge in [0, 0.05) is 20.7 Å². The number of rotatable bonds is 3. The zero-order valence-corrected chi connectivity index (χ0v) is 13.4. The minimum atomic E-state index is -0.578. The molecular weight excluding hydrogens is 346 g/mol. The van der Waals surface area contributed by atoms with Gasteiger partial charge >= 0.3 is 5.97 Å². The fourth-order valence-corrected chi connectivity index (χ4v) is 3.67. The van der Waals surface area contributed by atoms with E-state index in [0.29, 0.717) is 15.6 Å². The van der Waals surface area contributed by atoms with Gasteiger partial charge in [-0.3, -0.25) is 0 Å². The van der Waals surface area contributed by atoms with E-state index >= 15 is 0 Å². The van der Waals surface area contributed by atoms with Crippen LogP contribution in [0.25, 0.3) is 10.1 Å². The Kier molecular flexibility index (Phi) is 4.34. The van der Waals surface area contributed by atoms with Crippen LogP contribution in [0.2, 0.25) is 10.0 Å². The van der Waals surface area contributed by atoms with Crippen LogP contribution in [-0.2, 0) is 11.3 Å². The van der Waals surface area contributed by atoms with E-state index in [4.69, 9.17) is 27.9 Å². The standard InChI is InChI=1S/C16H9Cl2FO2S/c17-10-5-6-11-13(7-10)22-15(14(11)18)16(20)21-8-9-3-1-2-4-12(9)19/h1-7H,8H2. The van der Waals surface area contributed by atoms with Crippen LogP contribution < -0.4 is 0 Å². The van der Waals surface area contributed by atoms with Gasteiger partial charge in [0.25, 0.3) is 0 Å². The Balaban J connectivity index is 1.83. The van der Waals surface area contributed by atoms with Crippen LogP contribution in [-0.4, -0.2) is 5.97 Å². The van der Waals surface area contributed by atoms with Crippen LogP contribution in [0.3, 0.4) is 0 Å². The Morgan fingerprint density at radius 1 is 1.18 bits per heavy atom. The lowest BCUT2D eigenvalue weighted by molar-refractivity contribution is 0.0475. The van der Waals surface area contributed by atoms with Gasteiger partial charge in [-0.15, -0.1) is 11.3 Å². The van der Waals surface area contributed by atoms with Crippen molar-refractivity contribution in [2.24, 2.45) is 0 Å². The van der Waals surface area contributed by atoms with Gasteiger partial charge in [-0.05, 0) is 18.2 Å². The predicted octanol–water partition coefficient (Wildman–Crippen LogP) is 5.70. The lowest BCUT2D eigenvalue weighted by Crippen LogP contribution is -2.04. The smallest absolute Gasteiger partial charge is 0.350 e. The third kappa shape index (κ3) is 2.95. The molecule has 0 spiro atoms. The first-order valence-corrected chi connectivity index (χ1v) is 7.91. The maximum Gasteiger partial charge on any atom is 0.350 e. The highest BCUT2D eigenvalue weighted by Gasteiger charge is 2.19.